The van der Waals surface area contributed by atoms with Crippen molar-refractivity contribution in [1.82, 2.24) is 14.5 Å². The average Bonchev–Trinajstić information content (AvgIpc) is 2.90. The van der Waals surface area contributed by atoms with Crippen LogP contribution in [0.3, 0.4) is 0 Å². The van der Waals surface area contributed by atoms with Gasteiger partial charge in [-0.2, -0.15) is 4.31 Å². The molecule has 1 aromatic rings. The van der Waals surface area contributed by atoms with Crippen LogP contribution in [0.5, 0.6) is 0 Å². The lowest BCUT2D eigenvalue weighted by Gasteiger charge is -2.33. The molecule has 3 rings (SSSR count). The Hall–Kier alpha value is -1.44. The molecule has 0 bridgehead atoms. The van der Waals surface area contributed by atoms with Gasteiger partial charge in [0.25, 0.3) is 5.91 Å². The van der Waals surface area contributed by atoms with Gasteiger partial charge < -0.3 is 5.32 Å². The van der Waals surface area contributed by atoms with Crippen molar-refractivity contribution in [3.8, 4) is 0 Å². The number of benzene rings is 1. The summed E-state index contributed by atoms with van der Waals surface area (Å²) in [6.07, 6.45) is 8.36. The molecule has 0 radical (unpaired) electrons. The van der Waals surface area contributed by atoms with E-state index in [2.05, 4.69) is 10.2 Å². The molecule has 27 heavy (non-hydrogen) atoms. The number of hydrogen-bond donors (Lipinski definition) is 1. The fourth-order valence-corrected chi connectivity index (χ4v) is 4.81. The van der Waals surface area contributed by atoms with Gasteiger partial charge in [0.15, 0.2) is 0 Å². The number of nitrogens with zero attached hydrogens (tertiary/aromatic N) is 2. The van der Waals surface area contributed by atoms with E-state index in [0.29, 0.717) is 37.8 Å². The van der Waals surface area contributed by atoms with Crippen LogP contribution >= 0.6 is 0 Å². The Morgan fingerprint density at radius 3 is 2.37 bits per heavy atom. The number of amides is 1. The van der Waals surface area contributed by atoms with Crippen molar-refractivity contribution in [3.05, 3.63) is 35.4 Å². The van der Waals surface area contributed by atoms with Crippen LogP contribution in [-0.2, 0) is 16.6 Å². The van der Waals surface area contributed by atoms with E-state index in [1.165, 1.54) is 36.2 Å². The van der Waals surface area contributed by atoms with E-state index in [-0.39, 0.29) is 5.91 Å². The second kappa shape index (κ2) is 9.17. The average molecular weight is 394 g/mol. The van der Waals surface area contributed by atoms with Crippen molar-refractivity contribution in [1.29, 1.82) is 0 Å². The van der Waals surface area contributed by atoms with E-state index in [0.717, 1.165) is 24.9 Å². The first-order valence-electron chi connectivity index (χ1n) is 9.99. The smallest absolute Gasteiger partial charge is 0.251 e. The molecule has 150 valence electrons. The predicted octanol–water partition coefficient (Wildman–Crippen LogP) is 2.22. The molecule has 1 heterocycles. The van der Waals surface area contributed by atoms with Gasteiger partial charge in [0.2, 0.25) is 10.0 Å². The highest BCUT2D eigenvalue weighted by atomic mass is 32.2. The Bertz CT molecular complexity index is 735. The Kier molecular flexibility index (Phi) is 6.89. The largest absolute Gasteiger partial charge is 0.349 e. The van der Waals surface area contributed by atoms with Crippen molar-refractivity contribution in [2.45, 2.75) is 51.1 Å². The SMILES string of the molecule is CS(=O)(=O)N1CCN(Cc2cccc(C(=O)NC3CCCCCC3)c2)CC1. The van der Waals surface area contributed by atoms with Crippen molar-refractivity contribution >= 4 is 15.9 Å². The zero-order valence-electron chi connectivity index (χ0n) is 16.2. The quantitative estimate of drug-likeness (QED) is 0.779. The number of hydrogen-bond acceptors (Lipinski definition) is 4. The third-order valence-corrected chi connectivity index (χ3v) is 6.89. The number of carbonyl (C=O) groups is 1. The first-order valence-corrected chi connectivity index (χ1v) is 11.8. The molecule has 2 fully saturated rings. The lowest BCUT2D eigenvalue weighted by molar-refractivity contribution is 0.0933. The van der Waals surface area contributed by atoms with Crippen molar-refractivity contribution < 1.29 is 13.2 Å². The second-order valence-corrected chi connectivity index (χ2v) is 9.78. The van der Waals surface area contributed by atoms with Crippen LogP contribution in [0.15, 0.2) is 24.3 Å². The molecule has 6 nitrogen and oxygen atoms in total. The van der Waals surface area contributed by atoms with Crippen LogP contribution in [0.25, 0.3) is 0 Å². The number of rotatable bonds is 5. The molecule has 7 heteroatoms. The minimum Gasteiger partial charge on any atom is -0.349 e. The molecular weight excluding hydrogens is 362 g/mol. The molecule has 1 saturated heterocycles. The lowest BCUT2D eigenvalue weighted by Crippen LogP contribution is -2.47. The maximum absolute atomic E-state index is 12.6. The molecule has 0 unspecified atom stereocenters. The van der Waals surface area contributed by atoms with E-state index in [9.17, 15) is 13.2 Å². The van der Waals surface area contributed by atoms with Crippen molar-refractivity contribution in [3.63, 3.8) is 0 Å². The molecule has 1 N–H and O–H groups in total. The van der Waals surface area contributed by atoms with Gasteiger partial charge in [-0.3, -0.25) is 9.69 Å². The van der Waals surface area contributed by atoms with Gasteiger partial charge >= 0.3 is 0 Å². The Morgan fingerprint density at radius 1 is 1.07 bits per heavy atom. The first-order chi connectivity index (χ1) is 12.9. The lowest BCUT2D eigenvalue weighted by atomic mass is 10.1. The Labute approximate surface area is 163 Å². The molecule has 2 aliphatic rings. The highest BCUT2D eigenvalue weighted by Crippen LogP contribution is 2.18. The molecule has 0 atom stereocenters. The topological polar surface area (TPSA) is 69.7 Å². The molecule has 1 aromatic carbocycles. The maximum Gasteiger partial charge on any atom is 0.251 e. The van der Waals surface area contributed by atoms with Crippen LogP contribution < -0.4 is 5.32 Å². The number of carbonyl (C=O) groups excluding carboxylic acids is 1. The zero-order valence-corrected chi connectivity index (χ0v) is 17.0. The monoisotopic (exact) mass is 393 g/mol. The summed E-state index contributed by atoms with van der Waals surface area (Å²) in [6.45, 7) is 3.22. The summed E-state index contributed by atoms with van der Waals surface area (Å²) in [5, 5.41) is 3.20. The predicted molar refractivity (Wildman–Crippen MR) is 107 cm³/mol. The number of sulfonamides is 1. The third-order valence-electron chi connectivity index (χ3n) is 5.59. The van der Waals surface area contributed by atoms with Crippen molar-refractivity contribution in [2.24, 2.45) is 0 Å². The van der Waals surface area contributed by atoms with Crippen LogP contribution in [0.1, 0.15) is 54.4 Å². The highest BCUT2D eigenvalue weighted by molar-refractivity contribution is 7.88. The summed E-state index contributed by atoms with van der Waals surface area (Å²) in [6, 6.07) is 8.11. The van der Waals surface area contributed by atoms with Crippen molar-refractivity contribution in [2.75, 3.05) is 32.4 Å². The Balaban J connectivity index is 1.55. The molecule has 1 aliphatic heterocycles. The molecule has 1 saturated carbocycles. The minimum absolute atomic E-state index is 0.0191. The fraction of sp³-hybridized carbons (Fsp3) is 0.650. The molecule has 0 aromatic heterocycles. The maximum atomic E-state index is 12.6. The summed E-state index contributed by atoms with van der Waals surface area (Å²) >= 11 is 0. The fourth-order valence-electron chi connectivity index (χ4n) is 3.98. The van der Waals surface area contributed by atoms with E-state index < -0.39 is 10.0 Å². The van der Waals surface area contributed by atoms with Crippen LogP contribution in [-0.4, -0.2) is 62.0 Å². The molecule has 1 amide bonds. The molecular formula is C20H31N3O3S. The van der Waals surface area contributed by atoms with Gasteiger partial charge in [0.1, 0.15) is 0 Å². The summed E-state index contributed by atoms with van der Waals surface area (Å²) in [5.74, 6) is 0.0191. The van der Waals surface area contributed by atoms with Gasteiger partial charge in [-0.15, -0.1) is 0 Å². The van der Waals surface area contributed by atoms with Gasteiger partial charge in [-0.25, -0.2) is 8.42 Å². The van der Waals surface area contributed by atoms with Gasteiger partial charge in [-0.05, 0) is 30.5 Å². The van der Waals surface area contributed by atoms with Gasteiger partial charge in [-0.1, -0.05) is 37.8 Å². The molecule has 0 spiro atoms. The normalized spacial score (nSPS) is 20.9. The number of piperazine rings is 1. The van der Waals surface area contributed by atoms with Gasteiger partial charge in [0, 0.05) is 44.3 Å². The minimum atomic E-state index is -3.10. The zero-order chi connectivity index (χ0) is 19.3. The molecule has 1 aliphatic carbocycles. The summed E-state index contributed by atoms with van der Waals surface area (Å²) in [4.78, 5) is 14.9. The Morgan fingerprint density at radius 2 is 1.74 bits per heavy atom. The van der Waals surface area contributed by atoms with E-state index in [1.807, 2.05) is 24.3 Å². The van der Waals surface area contributed by atoms with Gasteiger partial charge in [0.05, 0.1) is 6.26 Å². The van der Waals surface area contributed by atoms with Crippen LogP contribution in [0.4, 0.5) is 0 Å². The standard InChI is InChI=1S/C20H31N3O3S/c1-27(25,26)23-13-11-22(12-14-23)16-17-7-6-8-18(15-17)20(24)21-19-9-4-2-3-5-10-19/h6-8,15,19H,2-5,9-14,16H2,1H3,(H,21,24). The van der Waals surface area contributed by atoms with Crippen LogP contribution in [0, 0.1) is 0 Å². The summed E-state index contributed by atoms with van der Waals surface area (Å²) in [5.41, 5.74) is 1.81. The summed E-state index contributed by atoms with van der Waals surface area (Å²) in [7, 11) is -3.10. The van der Waals surface area contributed by atoms with E-state index in [4.69, 9.17) is 0 Å². The first kappa shape index (κ1) is 20.3. The summed E-state index contributed by atoms with van der Waals surface area (Å²) < 4.78 is 24.8. The van der Waals surface area contributed by atoms with E-state index >= 15 is 0 Å². The third kappa shape index (κ3) is 6.02. The van der Waals surface area contributed by atoms with E-state index in [1.54, 1.807) is 0 Å². The highest BCUT2D eigenvalue weighted by Gasteiger charge is 2.23. The second-order valence-electron chi connectivity index (χ2n) is 7.80. The van der Waals surface area contributed by atoms with Crippen LogP contribution in [0.2, 0.25) is 0 Å². The number of nitrogens with one attached hydrogen (secondary N) is 1.